The van der Waals surface area contributed by atoms with Crippen LogP contribution in [-0.4, -0.2) is 44.9 Å². The predicted molar refractivity (Wildman–Crippen MR) is 103 cm³/mol. The number of fused-ring (bicyclic) bond motifs is 1. The summed E-state index contributed by atoms with van der Waals surface area (Å²) < 4.78 is 0. The molecule has 0 radical (unpaired) electrons. The molecule has 1 aliphatic rings. The lowest BCUT2D eigenvalue weighted by Gasteiger charge is -2.28. The average molecular weight is 362 g/mol. The van der Waals surface area contributed by atoms with Crippen LogP contribution < -0.4 is 0 Å². The Balaban J connectivity index is 1.50. The quantitative estimate of drug-likeness (QED) is 0.776. The summed E-state index contributed by atoms with van der Waals surface area (Å²) in [5, 5.41) is 4.27. The lowest BCUT2D eigenvalue weighted by atomic mass is 10.1. The number of hydrazine groups is 1. The molecule has 138 valence electrons. The first-order valence-electron chi connectivity index (χ1n) is 9.19. The molecule has 0 aliphatic carbocycles. The van der Waals surface area contributed by atoms with E-state index in [1.54, 1.807) is 22.4 Å². The van der Waals surface area contributed by atoms with Crippen molar-refractivity contribution in [2.75, 3.05) is 13.1 Å². The fourth-order valence-corrected chi connectivity index (χ4v) is 3.70. The van der Waals surface area contributed by atoms with E-state index < -0.39 is 0 Å². The van der Waals surface area contributed by atoms with E-state index >= 15 is 0 Å². The normalized spacial score (nSPS) is 14.1. The number of pyridine rings is 1. The van der Waals surface area contributed by atoms with E-state index in [1.165, 1.54) is 0 Å². The molecule has 1 saturated heterocycles. The number of aromatic nitrogens is 2. The summed E-state index contributed by atoms with van der Waals surface area (Å²) in [5.41, 5.74) is 3.89. The van der Waals surface area contributed by atoms with Crippen molar-refractivity contribution in [2.45, 2.75) is 26.2 Å². The van der Waals surface area contributed by atoms with E-state index in [2.05, 4.69) is 9.97 Å². The number of amides is 2. The summed E-state index contributed by atoms with van der Waals surface area (Å²) in [4.78, 5) is 33.1. The molecule has 1 fully saturated rings. The van der Waals surface area contributed by atoms with Crippen LogP contribution >= 0.6 is 0 Å². The van der Waals surface area contributed by atoms with Crippen molar-refractivity contribution in [3.63, 3.8) is 0 Å². The maximum atomic E-state index is 13.0. The van der Waals surface area contributed by atoms with Gasteiger partial charge in [-0.1, -0.05) is 24.3 Å². The van der Waals surface area contributed by atoms with E-state index in [9.17, 15) is 9.59 Å². The van der Waals surface area contributed by atoms with E-state index in [-0.39, 0.29) is 24.7 Å². The molecule has 3 heterocycles. The maximum absolute atomic E-state index is 13.0. The molecule has 2 aromatic heterocycles. The first kappa shape index (κ1) is 17.3. The van der Waals surface area contributed by atoms with Crippen molar-refractivity contribution in [3.8, 4) is 0 Å². The van der Waals surface area contributed by atoms with Gasteiger partial charge < -0.3 is 4.98 Å². The second-order valence-electron chi connectivity index (χ2n) is 6.88. The highest BCUT2D eigenvalue weighted by atomic mass is 16.2. The lowest BCUT2D eigenvalue weighted by Crippen LogP contribution is -2.46. The summed E-state index contributed by atoms with van der Waals surface area (Å²) in [5.74, 6) is -0.107. The number of para-hydroxylation sites is 1. The summed E-state index contributed by atoms with van der Waals surface area (Å²) >= 11 is 0. The molecule has 4 rings (SSSR count). The standard InChI is InChI=1S/C21H22N4O2/c1-15-18(17-7-2-3-8-19(17)23-15)13-21(27)25-11-5-10-24(25)20(26)12-16-6-4-9-22-14-16/h2-4,6-9,14,23H,5,10-13H2,1H3. The fourth-order valence-electron chi connectivity index (χ4n) is 3.70. The number of nitrogens with one attached hydrogen (secondary N) is 1. The molecule has 0 saturated carbocycles. The van der Waals surface area contributed by atoms with Gasteiger partial charge in [-0.3, -0.25) is 24.6 Å². The zero-order valence-electron chi connectivity index (χ0n) is 15.3. The van der Waals surface area contributed by atoms with Gasteiger partial charge in [0, 0.05) is 42.1 Å². The molecule has 0 bridgehead atoms. The molecule has 6 nitrogen and oxygen atoms in total. The van der Waals surface area contributed by atoms with Gasteiger partial charge in [0.25, 0.3) is 0 Å². The highest BCUT2D eigenvalue weighted by Gasteiger charge is 2.31. The highest BCUT2D eigenvalue weighted by molar-refractivity contribution is 5.91. The van der Waals surface area contributed by atoms with Gasteiger partial charge in [0.1, 0.15) is 0 Å². The van der Waals surface area contributed by atoms with Crippen LogP contribution in [0.5, 0.6) is 0 Å². The van der Waals surface area contributed by atoms with Crippen LogP contribution in [0.2, 0.25) is 0 Å². The Bertz CT molecular complexity index is 980. The van der Waals surface area contributed by atoms with Gasteiger partial charge in [0.05, 0.1) is 12.8 Å². The van der Waals surface area contributed by atoms with Gasteiger partial charge in [0.15, 0.2) is 0 Å². The van der Waals surface area contributed by atoms with Crippen LogP contribution in [0.25, 0.3) is 10.9 Å². The number of carbonyl (C=O) groups excluding carboxylic acids is 2. The van der Waals surface area contributed by atoms with Crippen LogP contribution in [0, 0.1) is 6.92 Å². The number of hydrogen-bond donors (Lipinski definition) is 1. The highest BCUT2D eigenvalue weighted by Crippen LogP contribution is 2.24. The minimum atomic E-state index is -0.0653. The van der Waals surface area contributed by atoms with Crippen molar-refractivity contribution in [1.82, 2.24) is 20.0 Å². The number of aryl methyl sites for hydroxylation is 1. The molecule has 6 heteroatoms. The number of rotatable bonds is 4. The molecule has 0 spiro atoms. The molecule has 0 unspecified atom stereocenters. The number of H-pyrrole nitrogens is 1. The number of hydrogen-bond acceptors (Lipinski definition) is 3. The van der Waals surface area contributed by atoms with Crippen molar-refractivity contribution < 1.29 is 9.59 Å². The minimum Gasteiger partial charge on any atom is -0.358 e. The van der Waals surface area contributed by atoms with Gasteiger partial charge in [-0.05, 0) is 36.6 Å². The second-order valence-corrected chi connectivity index (χ2v) is 6.88. The molecular formula is C21H22N4O2. The van der Waals surface area contributed by atoms with Crippen LogP contribution in [-0.2, 0) is 22.4 Å². The van der Waals surface area contributed by atoms with Gasteiger partial charge in [-0.2, -0.15) is 0 Å². The first-order valence-corrected chi connectivity index (χ1v) is 9.19. The molecular weight excluding hydrogens is 340 g/mol. The fraction of sp³-hybridized carbons (Fsp3) is 0.286. The van der Waals surface area contributed by atoms with E-state index in [0.29, 0.717) is 13.1 Å². The molecule has 2 amide bonds. The smallest absolute Gasteiger partial charge is 0.245 e. The summed E-state index contributed by atoms with van der Waals surface area (Å²) in [7, 11) is 0. The SMILES string of the molecule is Cc1[nH]c2ccccc2c1CC(=O)N1CCCN1C(=O)Cc1cccnc1. The second kappa shape index (κ2) is 7.23. The Kier molecular flexibility index (Phi) is 4.62. The summed E-state index contributed by atoms with van der Waals surface area (Å²) in [6, 6.07) is 11.7. The lowest BCUT2D eigenvalue weighted by molar-refractivity contribution is -0.157. The van der Waals surface area contributed by atoms with Gasteiger partial charge >= 0.3 is 0 Å². The molecule has 1 aliphatic heterocycles. The third-order valence-electron chi connectivity index (χ3n) is 5.04. The summed E-state index contributed by atoms with van der Waals surface area (Å²) in [6.45, 7) is 3.15. The Morgan fingerprint density at radius 2 is 1.78 bits per heavy atom. The molecule has 0 atom stereocenters. The van der Waals surface area contributed by atoms with Crippen molar-refractivity contribution in [2.24, 2.45) is 0 Å². The number of carbonyl (C=O) groups is 2. The maximum Gasteiger partial charge on any atom is 0.245 e. The van der Waals surface area contributed by atoms with E-state index in [4.69, 9.17) is 0 Å². The largest absolute Gasteiger partial charge is 0.358 e. The zero-order valence-corrected chi connectivity index (χ0v) is 15.3. The van der Waals surface area contributed by atoms with Crippen LogP contribution in [0.1, 0.15) is 23.2 Å². The summed E-state index contributed by atoms with van der Waals surface area (Å²) in [6.07, 6.45) is 4.71. The van der Waals surface area contributed by atoms with E-state index in [1.807, 2.05) is 43.3 Å². The number of nitrogens with zero attached hydrogens (tertiary/aromatic N) is 3. The van der Waals surface area contributed by atoms with Crippen molar-refractivity contribution in [1.29, 1.82) is 0 Å². The Hall–Kier alpha value is -3.15. The zero-order chi connectivity index (χ0) is 18.8. The Morgan fingerprint density at radius 3 is 2.52 bits per heavy atom. The molecule has 27 heavy (non-hydrogen) atoms. The van der Waals surface area contributed by atoms with Crippen LogP contribution in [0.3, 0.4) is 0 Å². The molecule has 3 aromatic rings. The van der Waals surface area contributed by atoms with Gasteiger partial charge in [0.2, 0.25) is 11.8 Å². The predicted octanol–water partition coefficient (Wildman–Crippen LogP) is 2.63. The van der Waals surface area contributed by atoms with Gasteiger partial charge in [-0.25, -0.2) is 0 Å². The van der Waals surface area contributed by atoms with E-state index in [0.717, 1.165) is 34.1 Å². The average Bonchev–Trinajstić information content (AvgIpc) is 3.28. The van der Waals surface area contributed by atoms with Crippen LogP contribution in [0.15, 0.2) is 48.8 Å². The molecule has 1 N–H and O–H groups in total. The van der Waals surface area contributed by atoms with Gasteiger partial charge in [-0.15, -0.1) is 0 Å². The van der Waals surface area contributed by atoms with Crippen molar-refractivity contribution >= 4 is 22.7 Å². The molecule has 1 aromatic carbocycles. The number of benzene rings is 1. The third-order valence-corrected chi connectivity index (χ3v) is 5.04. The number of aromatic amines is 1. The van der Waals surface area contributed by atoms with Crippen molar-refractivity contribution in [3.05, 3.63) is 65.6 Å². The Labute approximate surface area is 157 Å². The van der Waals surface area contributed by atoms with Crippen LogP contribution in [0.4, 0.5) is 0 Å². The Morgan fingerprint density at radius 1 is 1.04 bits per heavy atom. The minimum absolute atomic E-state index is 0.0418. The third kappa shape index (κ3) is 3.43. The first-order chi connectivity index (χ1) is 13.1. The monoisotopic (exact) mass is 362 g/mol. The topological polar surface area (TPSA) is 69.3 Å².